The molecule has 0 spiro atoms. The summed E-state index contributed by atoms with van der Waals surface area (Å²) in [6.07, 6.45) is 1.17. The molecule has 0 amide bonds. The monoisotopic (exact) mass is 301 g/mol. The number of aliphatic hydroxyl groups is 1. The number of hydrogen-bond donors (Lipinski definition) is 2. The van der Waals surface area contributed by atoms with Crippen LogP contribution >= 0.6 is 11.8 Å². The van der Waals surface area contributed by atoms with Crippen LogP contribution in [0.3, 0.4) is 0 Å². The van der Waals surface area contributed by atoms with Crippen molar-refractivity contribution < 1.29 is 5.11 Å². The molecule has 0 heterocycles. The summed E-state index contributed by atoms with van der Waals surface area (Å²) in [7, 11) is 0. The van der Waals surface area contributed by atoms with E-state index in [9.17, 15) is 0 Å². The number of aliphatic hydroxyl groups excluding tert-OH is 1. The Labute approximate surface area is 131 Å². The molecule has 21 heavy (non-hydrogen) atoms. The molecule has 0 aliphatic carbocycles. The molecule has 0 atom stereocenters. The molecule has 2 nitrogen and oxygen atoms in total. The van der Waals surface area contributed by atoms with Crippen molar-refractivity contribution in [2.24, 2.45) is 0 Å². The first-order valence-electron chi connectivity index (χ1n) is 7.43. The van der Waals surface area contributed by atoms with Gasteiger partial charge in [-0.3, -0.25) is 0 Å². The van der Waals surface area contributed by atoms with Crippen LogP contribution in [0.15, 0.2) is 53.4 Å². The van der Waals surface area contributed by atoms with Gasteiger partial charge in [0.05, 0.1) is 6.61 Å². The first kappa shape index (κ1) is 16.1. The van der Waals surface area contributed by atoms with E-state index in [1.54, 1.807) is 0 Å². The molecular formula is C18H23NOS. The molecule has 112 valence electrons. The quantitative estimate of drug-likeness (QED) is 0.571. The highest BCUT2D eigenvalue weighted by molar-refractivity contribution is 7.98. The predicted molar refractivity (Wildman–Crippen MR) is 90.4 cm³/mol. The van der Waals surface area contributed by atoms with Crippen molar-refractivity contribution in [2.45, 2.75) is 37.1 Å². The Bertz CT molecular complexity index is 522. The maximum atomic E-state index is 9.03. The lowest BCUT2D eigenvalue weighted by Gasteiger charge is -2.06. The van der Waals surface area contributed by atoms with E-state index >= 15 is 0 Å². The van der Waals surface area contributed by atoms with Crippen LogP contribution in [0.1, 0.15) is 30.0 Å². The van der Waals surface area contributed by atoms with Crippen LogP contribution in [0.25, 0.3) is 0 Å². The van der Waals surface area contributed by atoms with Crippen molar-refractivity contribution in [3.63, 3.8) is 0 Å². The van der Waals surface area contributed by atoms with Crippen LogP contribution in [0.4, 0.5) is 0 Å². The smallest absolute Gasteiger partial charge is 0.0681 e. The number of rotatable bonds is 8. The van der Waals surface area contributed by atoms with E-state index in [0.29, 0.717) is 0 Å². The summed E-state index contributed by atoms with van der Waals surface area (Å²) in [5.41, 5.74) is 3.58. The van der Waals surface area contributed by atoms with Gasteiger partial charge in [-0.1, -0.05) is 43.3 Å². The molecule has 3 heteroatoms. The minimum absolute atomic E-state index is 0.112. The van der Waals surface area contributed by atoms with Crippen LogP contribution in [0, 0.1) is 0 Å². The highest BCUT2D eigenvalue weighted by Gasteiger charge is 1.98. The van der Waals surface area contributed by atoms with E-state index in [1.165, 1.54) is 22.4 Å². The number of hydrogen-bond acceptors (Lipinski definition) is 3. The molecule has 0 aliphatic rings. The highest BCUT2D eigenvalue weighted by atomic mass is 32.2. The second kappa shape index (κ2) is 8.88. The van der Waals surface area contributed by atoms with Crippen molar-refractivity contribution in [2.75, 3.05) is 6.54 Å². The van der Waals surface area contributed by atoms with Crippen LogP contribution in [0.5, 0.6) is 0 Å². The normalized spacial score (nSPS) is 10.8. The number of thioether (sulfide) groups is 1. The summed E-state index contributed by atoms with van der Waals surface area (Å²) in [4.78, 5) is 1.29. The van der Waals surface area contributed by atoms with Crippen molar-refractivity contribution in [1.82, 2.24) is 5.32 Å². The Morgan fingerprint density at radius 1 is 0.905 bits per heavy atom. The molecule has 2 N–H and O–H groups in total. The van der Waals surface area contributed by atoms with Gasteiger partial charge in [-0.15, -0.1) is 11.8 Å². The fourth-order valence-corrected chi connectivity index (χ4v) is 2.87. The zero-order valence-electron chi connectivity index (χ0n) is 12.5. The zero-order chi connectivity index (χ0) is 14.9. The van der Waals surface area contributed by atoms with E-state index in [0.717, 1.165) is 24.4 Å². The molecule has 2 aromatic rings. The summed E-state index contributed by atoms with van der Waals surface area (Å²) >= 11 is 1.84. The van der Waals surface area contributed by atoms with Gasteiger partial charge in [0.1, 0.15) is 0 Å². The van der Waals surface area contributed by atoms with E-state index in [4.69, 9.17) is 5.11 Å². The van der Waals surface area contributed by atoms with Gasteiger partial charge < -0.3 is 10.4 Å². The van der Waals surface area contributed by atoms with Gasteiger partial charge in [0.25, 0.3) is 0 Å². The fourth-order valence-electron chi connectivity index (χ4n) is 2.02. The Morgan fingerprint density at radius 3 is 2.14 bits per heavy atom. The first-order chi connectivity index (χ1) is 10.3. The molecular weight excluding hydrogens is 278 g/mol. The molecule has 2 rings (SSSR count). The lowest BCUT2D eigenvalue weighted by Crippen LogP contribution is -2.13. The van der Waals surface area contributed by atoms with Crippen molar-refractivity contribution >= 4 is 11.8 Å². The third-order valence-electron chi connectivity index (χ3n) is 3.29. The minimum atomic E-state index is 0.112. The van der Waals surface area contributed by atoms with E-state index in [2.05, 4.69) is 48.6 Å². The highest BCUT2D eigenvalue weighted by Crippen LogP contribution is 2.23. The molecule has 0 radical (unpaired) electrons. The maximum absolute atomic E-state index is 9.03. The molecule has 0 bridgehead atoms. The average Bonchev–Trinajstić information content (AvgIpc) is 2.55. The van der Waals surface area contributed by atoms with Gasteiger partial charge >= 0.3 is 0 Å². The fraction of sp³-hybridized carbons (Fsp3) is 0.333. The third-order valence-corrected chi connectivity index (χ3v) is 4.37. The van der Waals surface area contributed by atoms with Gasteiger partial charge in [0.15, 0.2) is 0 Å². The van der Waals surface area contributed by atoms with Crippen molar-refractivity contribution in [1.29, 1.82) is 0 Å². The van der Waals surface area contributed by atoms with Gasteiger partial charge in [-0.05, 0) is 41.8 Å². The lowest BCUT2D eigenvalue weighted by atomic mass is 10.2. The van der Waals surface area contributed by atoms with Crippen LogP contribution in [-0.4, -0.2) is 11.7 Å². The van der Waals surface area contributed by atoms with Gasteiger partial charge in [-0.2, -0.15) is 0 Å². The lowest BCUT2D eigenvalue weighted by molar-refractivity contribution is 0.282. The molecule has 0 saturated heterocycles. The summed E-state index contributed by atoms with van der Waals surface area (Å²) in [6, 6.07) is 16.9. The maximum Gasteiger partial charge on any atom is 0.0681 e. The summed E-state index contributed by atoms with van der Waals surface area (Å²) in [6.45, 7) is 4.31. The first-order valence-corrected chi connectivity index (χ1v) is 8.41. The van der Waals surface area contributed by atoms with Gasteiger partial charge in [-0.25, -0.2) is 0 Å². The molecule has 0 aromatic heterocycles. The standard InChI is InChI=1S/C18H23NOS/c1-2-11-19-12-15-7-9-18(10-8-15)21-14-17-5-3-16(13-20)4-6-17/h3-10,19-20H,2,11-14H2,1H3. The zero-order valence-corrected chi connectivity index (χ0v) is 13.3. The average molecular weight is 301 g/mol. The largest absolute Gasteiger partial charge is 0.392 e. The third kappa shape index (κ3) is 5.54. The second-order valence-electron chi connectivity index (χ2n) is 5.08. The Balaban J connectivity index is 1.82. The van der Waals surface area contributed by atoms with Crippen LogP contribution < -0.4 is 5.32 Å². The summed E-state index contributed by atoms with van der Waals surface area (Å²) in [5, 5.41) is 12.4. The van der Waals surface area contributed by atoms with Gasteiger partial charge in [0, 0.05) is 17.2 Å². The van der Waals surface area contributed by atoms with Gasteiger partial charge in [0.2, 0.25) is 0 Å². The predicted octanol–water partition coefficient (Wildman–Crippen LogP) is 3.97. The summed E-state index contributed by atoms with van der Waals surface area (Å²) < 4.78 is 0. The Morgan fingerprint density at radius 2 is 1.52 bits per heavy atom. The summed E-state index contributed by atoms with van der Waals surface area (Å²) in [5.74, 6) is 0.957. The van der Waals surface area contributed by atoms with Crippen LogP contribution in [0.2, 0.25) is 0 Å². The number of nitrogens with one attached hydrogen (secondary N) is 1. The van der Waals surface area contributed by atoms with E-state index in [1.807, 2.05) is 23.9 Å². The molecule has 0 saturated carbocycles. The van der Waals surface area contributed by atoms with E-state index in [-0.39, 0.29) is 6.61 Å². The molecule has 0 aliphatic heterocycles. The van der Waals surface area contributed by atoms with Crippen molar-refractivity contribution in [3.8, 4) is 0 Å². The topological polar surface area (TPSA) is 32.3 Å². The van der Waals surface area contributed by atoms with Crippen molar-refractivity contribution in [3.05, 3.63) is 65.2 Å². The molecule has 2 aromatic carbocycles. The van der Waals surface area contributed by atoms with Crippen LogP contribution in [-0.2, 0) is 18.9 Å². The van der Waals surface area contributed by atoms with E-state index < -0.39 is 0 Å². The number of benzene rings is 2. The Kier molecular flexibility index (Phi) is 6.80. The molecule has 0 fully saturated rings. The minimum Gasteiger partial charge on any atom is -0.392 e. The Hall–Kier alpha value is -1.29. The molecule has 0 unspecified atom stereocenters. The SMILES string of the molecule is CCCNCc1ccc(SCc2ccc(CO)cc2)cc1. The second-order valence-corrected chi connectivity index (χ2v) is 6.13.